The van der Waals surface area contributed by atoms with Crippen molar-refractivity contribution in [3.05, 3.63) is 0 Å². The monoisotopic (exact) mass is 210 g/mol. The van der Waals surface area contributed by atoms with E-state index in [1.165, 1.54) is 0 Å². The van der Waals surface area contributed by atoms with Crippen molar-refractivity contribution in [2.24, 2.45) is 11.1 Å². The van der Waals surface area contributed by atoms with Gasteiger partial charge in [0, 0.05) is 6.04 Å². The van der Waals surface area contributed by atoms with Crippen molar-refractivity contribution in [3.63, 3.8) is 0 Å². The highest BCUT2D eigenvalue weighted by atomic mass is 35.5. The van der Waals surface area contributed by atoms with E-state index in [0.717, 1.165) is 0 Å². The van der Waals surface area contributed by atoms with Crippen LogP contribution in [-0.4, -0.2) is 23.8 Å². The summed E-state index contributed by atoms with van der Waals surface area (Å²) in [6.45, 7) is 6.47. The van der Waals surface area contributed by atoms with Crippen LogP contribution in [0.15, 0.2) is 0 Å². The molecule has 0 aromatic heterocycles. The minimum Gasteiger partial charge on any atom is -0.465 e. The molecule has 0 saturated carbocycles. The zero-order chi connectivity index (χ0) is 9.78. The molecule has 0 aliphatic rings. The Hall–Kier alpha value is -0.480. The molecule has 13 heavy (non-hydrogen) atoms. The Balaban J connectivity index is 0. The SMILES string of the molecule is CC(C)(C)C(CCN)NC(=O)O.Cl. The smallest absolute Gasteiger partial charge is 0.404 e. The molecule has 0 rings (SSSR count). The summed E-state index contributed by atoms with van der Waals surface area (Å²) in [5, 5.41) is 11.0. The highest BCUT2D eigenvalue weighted by Crippen LogP contribution is 2.21. The van der Waals surface area contributed by atoms with Crippen molar-refractivity contribution in [2.45, 2.75) is 33.2 Å². The quantitative estimate of drug-likeness (QED) is 0.660. The van der Waals surface area contributed by atoms with Crippen LogP contribution in [0.1, 0.15) is 27.2 Å². The van der Waals surface area contributed by atoms with Crippen LogP contribution in [-0.2, 0) is 0 Å². The molecule has 0 aromatic carbocycles. The fourth-order valence-electron chi connectivity index (χ4n) is 1.04. The van der Waals surface area contributed by atoms with Gasteiger partial charge in [0.05, 0.1) is 0 Å². The van der Waals surface area contributed by atoms with E-state index in [-0.39, 0.29) is 23.9 Å². The molecular formula is C8H19ClN2O2. The van der Waals surface area contributed by atoms with E-state index in [1.54, 1.807) is 0 Å². The molecule has 0 radical (unpaired) electrons. The Morgan fingerprint density at radius 2 is 2.00 bits per heavy atom. The number of nitrogens with one attached hydrogen (secondary N) is 1. The summed E-state index contributed by atoms with van der Waals surface area (Å²) in [7, 11) is 0. The van der Waals surface area contributed by atoms with Gasteiger partial charge in [-0.2, -0.15) is 0 Å². The maximum atomic E-state index is 10.4. The molecule has 1 amide bonds. The lowest BCUT2D eigenvalue weighted by Crippen LogP contribution is -2.44. The molecule has 4 N–H and O–H groups in total. The third-order valence-electron chi connectivity index (χ3n) is 1.80. The minimum atomic E-state index is -0.983. The Labute approximate surface area is 85.3 Å². The van der Waals surface area contributed by atoms with Gasteiger partial charge in [0.2, 0.25) is 0 Å². The number of carboxylic acid groups (broad SMARTS) is 1. The predicted octanol–water partition coefficient (Wildman–Crippen LogP) is 1.44. The molecule has 4 nitrogen and oxygen atoms in total. The van der Waals surface area contributed by atoms with Crippen molar-refractivity contribution in [1.82, 2.24) is 5.32 Å². The molecule has 1 unspecified atom stereocenters. The lowest BCUT2D eigenvalue weighted by molar-refractivity contribution is 0.172. The number of rotatable bonds is 3. The number of halogens is 1. The molecule has 0 bridgehead atoms. The first-order valence-corrected chi connectivity index (χ1v) is 4.07. The molecule has 0 heterocycles. The summed E-state index contributed by atoms with van der Waals surface area (Å²) >= 11 is 0. The van der Waals surface area contributed by atoms with Gasteiger partial charge in [-0.15, -0.1) is 12.4 Å². The normalized spacial score (nSPS) is 12.9. The van der Waals surface area contributed by atoms with E-state index in [4.69, 9.17) is 10.8 Å². The molecule has 0 saturated heterocycles. The molecule has 0 fully saturated rings. The summed E-state index contributed by atoms with van der Waals surface area (Å²) < 4.78 is 0. The summed E-state index contributed by atoms with van der Waals surface area (Å²) in [5.41, 5.74) is 5.30. The largest absolute Gasteiger partial charge is 0.465 e. The van der Waals surface area contributed by atoms with Crippen LogP contribution in [0, 0.1) is 5.41 Å². The lowest BCUT2D eigenvalue weighted by atomic mass is 9.85. The second kappa shape index (κ2) is 6.05. The van der Waals surface area contributed by atoms with Crippen molar-refractivity contribution in [2.75, 3.05) is 6.54 Å². The molecule has 0 aromatic rings. The molecule has 1 atom stereocenters. The van der Waals surface area contributed by atoms with Crippen LogP contribution in [0.5, 0.6) is 0 Å². The van der Waals surface area contributed by atoms with Gasteiger partial charge in [0.1, 0.15) is 0 Å². The van der Waals surface area contributed by atoms with E-state index in [0.29, 0.717) is 13.0 Å². The number of hydrogen-bond donors (Lipinski definition) is 3. The number of carbonyl (C=O) groups is 1. The van der Waals surface area contributed by atoms with E-state index >= 15 is 0 Å². The summed E-state index contributed by atoms with van der Waals surface area (Å²) in [5.74, 6) is 0. The van der Waals surface area contributed by atoms with E-state index in [2.05, 4.69) is 5.32 Å². The Morgan fingerprint density at radius 1 is 1.54 bits per heavy atom. The topological polar surface area (TPSA) is 75.3 Å². The van der Waals surface area contributed by atoms with E-state index < -0.39 is 6.09 Å². The highest BCUT2D eigenvalue weighted by Gasteiger charge is 2.24. The molecule has 0 aliphatic heterocycles. The Bertz CT molecular complexity index is 157. The second-order valence-electron chi connectivity index (χ2n) is 3.95. The van der Waals surface area contributed by atoms with E-state index in [9.17, 15) is 4.79 Å². The third kappa shape index (κ3) is 6.66. The maximum absolute atomic E-state index is 10.4. The molecule has 5 heteroatoms. The molecule has 0 aliphatic carbocycles. The van der Waals surface area contributed by atoms with Gasteiger partial charge in [-0.1, -0.05) is 20.8 Å². The number of hydrogen-bond acceptors (Lipinski definition) is 2. The fraction of sp³-hybridized carbons (Fsp3) is 0.875. The van der Waals surface area contributed by atoms with Gasteiger partial charge in [0.15, 0.2) is 0 Å². The molecule has 0 spiro atoms. The maximum Gasteiger partial charge on any atom is 0.404 e. The fourth-order valence-corrected chi connectivity index (χ4v) is 1.04. The average Bonchev–Trinajstić information content (AvgIpc) is 1.83. The number of nitrogens with two attached hydrogens (primary N) is 1. The average molecular weight is 211 g/mol. The summed E-state index contributed by atoms with van der Waals surface area (Å²) in [6, 6.07) is -0.0694. The lowest BCUT2D eigenvalue weighted by Gasteiger charge is -2.30. The van der Waals surface area contributed by atoms with Crippen molar-refractivity contribution in [3.8, 4) is 0 Å². The molecular weight excluding hydrogens is 192 g/mol. The van der Waals surface area contributed by atoms with Crippen molar-refractivity contribution < 1.29 is 9.90 Å². The third-order valence-corrected chi connectivity index (χ3v) is 1.80. The zero-order valence-corrected chi connectivity index (χ0v) is 9.15. The van der Waals surface area contributed by atoms with Gasteiger partial charge < -0.3 is 16.2 Å². The first kappa shape index (κ1) is 15.0. The zero-order valence-electron chi connectivity index (χ0n) is 8.33. The van der Waals surface area contributed by atoms with Gasteiger partial charge in [0.25, 0.3) is 0 Å². The van der Waals surface area contributed by atoms with E-state index in [1.807, 2.05) is 20.8 Å². The van der Waals surface area contributed by atoms with Crippen LogP contribution in [0.4, 0.5) is 4.79 Å². The second-order valence-corrected chi connectivity index (χ2v) is 3.95. The first-order valence-electron chi connectivity index (χ1n) is 4.07. The van der Waals surface area contributed by atoms with Crippen LogP contribution < -0.4 is 11.1 Å². The Morgan fingerprint density at radius 3 is 2.23 bits per heavy atom. The Kier molecular flexibility index (Phi) is 6.98. The van der Waals surface area contributed by atoms with Gasteiger partial charge in [-0.25, -0.2) is 4.79 Å². The highest BCUT2D eigenvalue weighted by molar-refractivity contribution is 5.85. The van der Waals surface area contributed by atoms with Gasteiger partial charge >= 0.3 is 6.09 Å². The van der Waals surface area contributed by atoms with Crippen molar-refractivity contribution >= 4 is 18.5 Å². The standard InChI is InChI=1S/C8H18N2O2.ClH/c1-8(2,3)6(4-5-9)10-7(11)12;/h6,10H,4-5,9H2,1-3H3,(H,11,12);1H. The molecule has 80 valence electrons. The van der Waals surface area contributed by atoms with Crippen LogP contribution in [0.3, 0.4) is 0 Å². The van der Waals surface area contributed by atoms with Crippen LogP contribution >= 0.6 is 12.4 Å². The number of amides is 1. The summed E-state index contributed by atoms with van der Waals surface area (Å²) in [6.07, 6.45) is -0.307. The van der Waals surface area contributed by atoms with Crippen LogP contribution in [0.25, 0.3) is 0 Å². The van der Waals surface area contributed by atoms with Gasteiger partial charge in [-0.3, -0.25) is 0 Å². The van der Waals surface area contributed by atoms with Gasteiger partial charge in [-0.05, 0) is 18.4 Å². The summed E-state index contributed by atoms with van der Waals surface area (Å²) in [4.78, 5) is 10.4. The minimum absolute atomic E-state index is 0. The first-order chi connectivity index (χ1) is 5.38. The predicted molar refractivity (Wildman–Crippen MR) is 55.3 cm³/mol. The van der Waals surface area contributed by atoms with Crippen molar-refractivity contribution in [1.29, 1.82) is 0 Å². The van der Waals surface area contributed by atoms with Crippen LogP contribution in [0.2, 0.25) is 0 Å².